The summed E-state index contributed by atoms with van der Waals surface area (Å²) in [6, 6.07) is 9.22. The highest BCUT2D eigenvalue weighted by molar-refractivity contribution is 6.30. The maximum atomic E-state index is 13.3. The first-order chi connectivity index (χ1) is 17.0. The molecule has 4 heterocycles. The summed E-state index contributed by atoms with van der Waals surface area (Å²) >= 11 is 6.02. The van der Waals surface area contributed by atoms with Crippen LogP contribution < -0.4 is 4.74 Å². The highest BCUT2D eigenvalue weighted by atomic mass is 35.5. The topological polar surface area (TPSA) is 80.6 Å². The number of rotatable bonds is 6. The molecule has 0 saturated carbocycles. The van der Waals surface area contributed by atoms with Crippen LogP contribution in [0.2, 0.25) is 5.02 Å². The molecule has 9 heteroatoms. The van der Waals surface area contributed by atoms with Gasteiger partial charge in [0.2, 0.25) is 0 Å². The summed E-state index contributed by atoms with van der Waals surface area (Å²) in [6.45, 7) is 4.79. The van der Waals surface area contributed by atoms with Gasteiger partial charge in [-0.2, -0.15) is 5.10 Å². The fourth-order valence-corrected chi connectivity index (χ4v) is 4.97. The molecule has 0 N–H and O–H groups in total. The predicted molar refractivity (Wildman–Crippen MR) is 132 cm³/mol. The molecule has 2 aliphatic heterocycles. The van der Waals surface area contributed by atoms with E-state index in [1.807, 2.05) is 34.7 Å². The van der Waals surface area contributed by atoms with E-state index < -0.39 is 0 Å². The highest BCUT2D eigenvalue weighted by Gasteiger charge is 2.32. The average Bonchev–Trinajstić information content (AvgIpc) is 3.52. The Labute approximate surface area is 209 Å². The summed E-state index contributed by atoms with van der Waals surface area (Å²) in [6.07, 6.45) is 6.16. The Hall–Kier alpha value is -3.39. The van der Waals surface area contributed by atoms with Gasteiger partial charge in [0.1, 0.15) is 5.75 Å². The second-order valence-corrected chi connectivity index (χ2v) is 9.49. The van der Waals surface area contributed by atoms with Crippen molar-refractivity contribution < 1.29 is 14.3 Å². The normalized spacial score (nSPS) is 15.3. The molecule has 2 aliphatic rings. The zero-order chi connectivity index (χ0) is 24.4. The summed E-state index contributed by atoms with van der Waals surface area (Å²) in [7, 11) is 0. The number of likely N-dealkylation sites (tertiary alicyclic amines) is 1. The van der Waals surface area contributed by atoms with Crippen molar-refractivity contribution in [3.8, 4) is 5.75 Å². The van der Waals surface area contributed by atoms with Crippen LogP contribution in [0.5, 0.6) is 5.75 Å². The first kappa shape index (κ1) is 23.4. The van der Waals surface area contributed by atoms with Crippen molar-refractivity contribution in [3.05, 3.63) is 75.8 Å². The van der Waals surface area contributed by atoms with Crippen molar-refractivity contribution in [2.45, 2.75) is 39.3 Å². The third-order valence-corrected chi connectivity index (χ3v) is 6.89. The van der Waals surface area contributed by atoms with Crippen LogP contribution in [0.1, 0.15) is 45.7 Å². The Morgan fingerprint density at radius 1 is 1.06 bits per heavy atom. The lowest BCUT2D eigenvalue weighted by Crippen LogP contribution is -2.40. The molecule has 3 aromatic rings. The molecule has 0 radical (unpaired) electrons. The van der Waals surface area contributed by atoms with Crippen LogP contribution in [0.4, 0.5) is 0 Å². The summed E-state index contributed by atoms with van der Waals surface area (Å²) in [5.74, 6) is 0.469. The van der Waals surface area contributed by atoms with Crippen LogP contribution in [0, 0.1) is 6.92 Å². The van der Waals surface area contributed by atoms with Gasteiger partial charge in [-0.3, -0.25) is 19.3 Å². The first-order valence-corrected chi connectivity index (χ1v) is 12.3. The minimum atomic E-state index is -0.119. The second-order valence-electron chi connectivity index (χ2n) is 9.05. The van der Waals surface area contributed by atoms with Crippen molar-refractivity contribution in [1.29, 1.82) is 0 Å². The molecule has 182 valence electrons. The lowest BCUT2D eigenvalue weighted by molar-refractivity contribution is -0.134. The number of benzene rings is 1. The third-order valence-electron chi connectivity index (χ3n) is 6.65. The molecule has 0 bridgehead atoms. The number of halogens is 1. The SMILES string of the molecule is Cc1cc(Cl)ccc1OCC(=O)N1CCc2c(c(C(=O)N3CCCC3)nn2Cc2ccncc2)C1. The van der Waals surface area contributed by atoms with E-state index in [1.165, 1.54) is 0 Å². The number of aryl methyl sites for hydroxylation is 1. The van der Waals surface area contributed by atoms with Crippen LogP contribution in [-0.2, 0) is 24.3 Å². The third kappa shape index (κ3) is 5.03. The smallest absolute Gasteiger partial charge is 0.274 e. The molecule has 35 heavy (non-hydrogen) atoms. The molecule has 0 spiro atoms. The Bertz CT molecular complexity index is 1240. The Morgan fingerprint density at radius 3 is 2.57 bits per heavy atom. The lowest BCUT2D eigenvalue weighted by atomic mass is 10.0. The minimum Gasteiger partial charge on any atom is -0.483 e. The van der Waals surface area contributed by atoms with Gasteiger partial charge in [-0.1, -0.05) is 11.6 Å². The zero-order valence-corrected chi connectivity index (χ0v) is 20.5. The van der Waals surface area contributed by atoms with Crippen LogP contribution >= 0.6 is 11.6 Å². The number of carbonyl (C=O) groups is 2. The molecular formula is C26H28ClN5O3. The number of nitrogens with zero attached hydrogens (tertiary/aromatic N) is 5. The summed E-state index contributed by atoms with van der Waals surface area (Å²) in [5, 5.41) is 5.39. The van der Waals surface area contributed by atoms with E-state index in [4.69, 9.17) is 21.4 Å². The lowest BCUT2D eigenvalue weighted by Gasteiger charge is -2.28. The van der Waals surface area contributed by atoms with E-state index in [0.29, 0.717) is 42.5 Å². The number of amides is 2. The number of fused-ring (bicyclic) bond motifs is 1. The van der Waals surface area contributed by atoms with E-state index >= 15 is 0 Å². The second kappa shape index (κ2) is 10.1. The molecule has 1 saturated heterocycles. The monoisotopic (exact) mass is 493 g/mol. The molecule has 0 unspecified atom stereocenters. The quantitative estimate of drug-likeness (QED) is 0.525. The summed E-state index contributed by atoms with van der Waals surface area (Å²) in [4.78, 5) is 34.1. The fourth-order valence-electron chi connectivity index (χ4n) is 4.74. The van der Waals surface area contributed by atoms with Gasteiger partial charge in [0.15, 0.2) is 12.3 Å². The van der Waals surface area contributed by atoms with Crippen molar-refractivity contribution in [1.82, 2.24) is 24.6 Å². The van der Waals surface area contributed by atoms with Gasteiger partial charge in [0.05, 0.1) is 6.54 Å². The standard InChI is InChI=1S/C26H28ClN5O3/c1-18-14-20(27)4-5-23(18)35-17-24(33)31-13-8-22-21(16-31)25(26(34)30-11-2-3-12-30)29-32(22)15-19-6-9-28-10-7-19/h4-7,9-10,14H,2-3,8,11-13,15-17H2,1H3. The van der Waals surface area contributed by atoms with Crippen molar-refractivity contribution in [2.24, 2.45) is 0 Å². The van der Waals surface area contributed by atoms with Gasteiger partial charge < -0.3 is 14.5 Å². The Balaban J connectivity index is 1.36. The average molecular weight is 494 g/mol. The molecule has 0 atom stereocenters. The van der Waals surface area contributed by atoms with E-state index in [2.05, 4.69) is 4.98 Å². The molecule has 0 aliphatic carbocycles. The zero-order valence-electron chi connectivity index (χ0n) is 19.7. The molecular weight excluding hydrogens is 466 g/mol. The molecule has 5 rings (SSSR count). The van der Waals surface area contributed by atoms with Gasteiger partial charge in [0.25, 0.3) is 11.8 Å². The maximum absolute atomic E-state index is 13.3. The van der Waals surface area contributed by atoms with Crippen LogP contribution in [0.3, 0.4) is 0 Å². The molecule has 8 nitrogen and oxygen atoms in total. The number of hydrogen-bond donors (Lipinski definition) is 0. The van der Waals surface area contributed by atoms with E-state index in [-0.39, 0.29) is 18.4 Å². The Kier molecular flexibility index (Phi) is 6.72. The molecule has 1 fully saturated rings. The number of pyridine rings is 1. The first-order valence-electron chi connectivity index (χ1n) is 11.9. The van der Waals surface area contributed by atoms with Crippen LogP contribution in [0.15, 0.2) is 42.7 Å². The van der Waals surface area contributed by atoms with Gasteiger partial charge >= 0.3 is 0 Å². The van der Waals surface area contributed by atoms with E-state index in [9.17, 15) is 9.59 Å². The van der Waals surface area contributed by atoms with Crippen molar-refractivity contribution in [2.75, 3.05) is 26.2 Å². The largest absolute Gasteiger partial charge is 0.483 e. The minimum absolute atomic E-state index is 0.0467. The summed E-state index contributed by atoms with van der Waals surface area (Å²) < 4.78 is 7.71. The molecule has 2 aromatic heterocycles. The highest BCUT2D eigenvalue weighted by Crippen LogP contribution is 2.27. The number of hydrogen-bond acceptors (Lipinski definition) is 5. The van der Waals surface area contributed by atoms with Crippen LogP contribution in [0.25, 0.3) is 0 Å². The fraction of sp³-hybridized carbons (Fsp3) is 0.385. The van der Waals surface area contributed by atoms with Gasteiger partial charge in [-0.05, 0) is 61.2 Å². The predicted octanol–water partition coefficient (Wildman–Crippen LogP) is 3.49. The van der Waals surface area contributed by atoms with Gasteiger partial charge in [-0.15, -0.1) is 0 Å². The van der Waals surface area contributed by atoms with Crippen molar-refractivity contribution in [3.63, 3.8) is 0 Å². The van der Waals surface area contributed by atoms with Crippen molar-refractivity contribution >= 4 is 23.4 Å². The molecule has 2 amide bonds. The van der Waals surface area contributed by atoms with Gasteiger partial charge in [-0.25, -0.2) is 0 Å². The van der Waals surface area contributed by atoms with E-state index in [0.717, 1.165) is 48.3 Å². The van der Waals surface area contributed by atoms with Crippen LogP contribution in [-0.4, -0.2) is 62.6 Å². The maximum Gasteiger partial charge on any atom is 0.274 e. The molecule has 1 aromatic carbocycles. The number of ether oxygens (including phenoxy) is 1. The van der Waals surface area contributed by atoms with Gasteiger partial charge in [0, 0.05) is 61.3 Å². The number of aromatic nitrogens is 3. The number of carbonyl (C=O) groups excluding carboxylic acids is 2. The summed E-state index contributed by atoms with van der Waals surface area (Å²) in [5.41, 5.74) is 4.27. The Morgan fingerprint density at radius 2 is 1.83 bits per heavy atom. The van der Waals surface area contributed by atoms with E-state index in [1.54, 1.807) is 29.4 Å².